The minimum Gasteiger partial charge on any atom is -0.427 e. The largest absolute Gasteiger partial charge is 0.427 e. The van der Waals surface area contributed by atoms with Gasteiger partial charge < -0.3 is 4.74 Å². The molecule has 0 saturated carbocycles. The third kappa shape index (κ3) is 5.70. The van der Waals surface area contributed by atoms with Crippen molar-refractivity contribution in [2.24, 2.45) is 5.92 Å². The van der Waals surface area contributed by atoms with E-state index in [1.54, 1.807) is 0 Å². The van der Waals surface area contributed by atoms with Crippen molar-refractivity contribution < 1.29 is 9.53 Å². The zero-order chi connectivity index (χ0) is 19.8. The van der Waals surface area contributed by atoms with Crippen molar-refractivity contribution in [1.29, 1.82) is 0 Å². The van der Waals surface area contributed by atoms with Crippen molar-refractivity contribution in [3.8, 4) is 5.75 Å². The molecular weight excluding hydrogens is 344 g/mol. The van der Waals surface area contributed by atoms with Gasteiger partial charge in [-0.05, 0) is 71.7 Å². The highest BCUT2D eigenvalue weighted by Crippen LogP contribution is 2.34. The molecule has 1 atom stereocenters. The highest BCUT2D eigenvalue weighted by Gasteiger charge is 2.15. The first kappa shape index (κ1) is 20.6. The van der Waals surface area contributed by atoms with Crippen LogP contribution in [0.2, 0.25) is 0 Å². The lowest BCUT2D eigenvalue weighted by Crippen LogP contribution is -2.07. The van der Waals surface area contributed by atoms with Crippen molar-refractivity contribution in [3.05, 3.63) is 48.0 Å². The minimum absolute atomic E-state index is 0.124. The molecule has 0 N–H and O–H groups in total. The van der Waals surface area contributed by atoms with Crippen LogP contribution in [0.15, 0.2) is 42.5 Å². The van der Waals surface area contributed by atoms with Gasteiger partial charge in [-0.1, -0.05) is 70.2 Å². The molecule has 3 rings (SSSR count). The lowest BCUT2D eigenvalue weighted by atomic mass is 9.84. The number of carbonyl (C=O) groups excluding carboxylic acids is 1. The summed E-state index contributed by atoms with van der Waals surface area (Å²) in [6, 6.07) is 12.6. The minimum atomic E-state index is -0.124. The smallest absolute Gasteiger partial charge is 0.311 e. The van der Waals surface area contributed by atoms with Gasteiger partial charge in [0.2, 0.25) is 0 Å². The maximum Gasteiger partial charge on any atom is 0.311 e. The number of hydrogen-bond donors (Lipinski definition) is 0. The Labute approximate surface area is 170 Å². The predicted molar refractivity (Wildman–Crippen MR) is 119 cm³/mol. The second kappa shape index (κ2) is 10.5. The summed E-state index contributed by atoms with van der Waals surface area (Å²) in [5.74, 6) is 1.40. The van der Waals surface area contributed by atoms with Gasteiger partial charge >= 0.3 is 5.97 Å². The van der Waals surface area contributed by atoms with Crippen LogP contribution in [-0.2, 0) is 4.79 Å². The molecule has 0 aromatic heterocycles. The molecule has 2 nitrogen and oxygen atoms in total. The van der Waals surface area contributed by atoms with E-state index >= 15 is 0 Å². The van der Waals surface area contributed by atoms with Gasteiger partial charge in [0.05, 0.1) is 0 Å². The molecule has 28 heavy (non-hydrogen) atoms. The van der Waals surface area contributed by atoms with Crippen molar-refractivity contribution in [3.63, 3.8) is 0 Å². The van der Waals surface area contributed by atoms with Crippen LogP contribution >= 0.6 is 0 Å². The van der Waals surface area contributed by atoms with E-state index in [9.17, 15) is 4.79 Å². The number of esters is 1. The average molecular weight is 379 g/mol. The summed E-state index contributed by atoms with van der Waals surface area (Å²) in [5, 5.41) is 2.33. The number of rotatable bonds is 9. The van der Waals surface area contributed by atoms with E-state index in [1.165, 1.54) is 61.5 Å². The van der Waals surface area contributed by atoms with Gasteiger partial charge in [-0.2, -0.15) is 0 Å². The number of fused-ring (bicyclic) bond motifs is 1. The number of ether oxygens (including phenoxy) is 1. The fourth-order valence-corrected chi connectivity index (χ4v) is 4.19. The predicted octanol–water partition coefficient (Wildman–Crippen LogP) is 7.70. The fourth-order valence-electron chi connectivity index (χ4n) is 4.19. The summed E-state index contributed by atoms with van der Waals surface area (Å²) in [6.45, 7) is 4.45. The Morgan fingerprint density at radius 3 is 2.57 bits per heavy atom. The van der Waals surface area contributed by atoms with E-state index in [0.29, 0.717) is 12.2 Å². The van der Waals surface area contributed by atoms with Crippen LogP contribution < -0.4 is 4.74 Å². The number of unbranched alkanes of at least 4 members (excludes halogenated alkanes) is 3. The lowest BCUT2D eigenvalue weighted by Gasteiger charge is -2.21. The number of allylic oxidation sites excluding steroid dienone is 2. The highest BCUT2D eigenvalue weighted by atomic mass is 16.5. The van der Waals surface area contributed by atoms with Gasteiger partial charge in [0.15, 0.2) is 0 Å². The van der Waals surface area contributed by atoms with Crippen LogP contribution in [0.1, 0.15) is 83.6 Å². The second-order valence-corrected chi connectivity index (χ2v) is 8.17. The van der Waals surface area contributed by atoms with Gasteiger partial charge in [0, 0.05) is 6.42 Å². The summed E-state index contributed by atoms with van der Waals surface area (Å²) < 4.78 is 5.53. The van der Waals surface area contributed by atoms with Crippen LogP contribution in [0.4, 0.5) is 0 Å². The summed E-state index contributed by atoms with van der Waals surface area (Å²) >= 11 is 0. The van der Waals surface area contributed by atoms with Gasteiger partial charge in [-0.15, -0.1) is 0 Å². The van der Waals surface area contributed by atoms with Gasteiger partial charge in [0.1, 0.15) is 5.75 Å². The standard InChI is InChI=1S/C26H34O2/c1-3-5-6-7-9-26(27)28-25-17-16-23-18-22(14-15-24(23)19-25)21-12-10-20(8-4-2)11-13-21/h12,14-20H,3-11,13H2,1-2H3. The topological polar surface area (TPSA) is 26.3 Å². The number of hydrogen-bond acceptors (Lipinski definition) is 2. The van der Waals surface area contributed by atoms with Crippen molar-refractivity contribution >= 4 is 22.3 Å². The molecule has 150 valence electrons. The third-order valence-corrected chi connectivity index (χ3v) is 5.87. The van der Waals surface area contributed by atoms with E-state index < -0.39 is 0 Å². The number of benzene rings is 2. The first-order valence-electron chi connectivity index (χ1n) is 11.1. The number of carbonyl (C=O) groups is 1. The van der Waals surface area contributed by atoms with Crippen LogP contribution in [0, 0.1) is 5.92 Å². The monoisotopic (exact) mass is 378 g/mol. The van der Waals surface area contributed by atoms with Gasteiger partial charge in [0.25, 0.3) is 0 Å². The SMILES string of the molecule is CCCCCCC(=O)Oc1ccc2cc(C3=CCC(CCC)CC3)ccc2c1. The molecule has 0 spiro atoms. The molecule has 1 aliphatic carbocycles. The average Bonchev–Trinajstić information content (AvgIpc) is 2.72. The first-order chi connectivity index (χ1) is 13.7. The maximum atomic E-state index is 12.0. The summed E-state index contributed by atoms with van der Waals surface area (Å²) in [6.07, 6.45) is 13.7. The fraction of sp³-hybridized carbons (Fsp3) is 0.500. The highest BCUT2D eigenvalue weighted by molar-refractivity contribution is 5.88. The Morgan fingerprint density at radius 2 is 1.82 bits per heavy atom. The maximum absolute atomic E-state index is 12.0. The zero-order valence-electron chi connectivity index (χ0n) is 17.5. The molecule has 0 saturated heterocycles. The Bertz CT molecular complexity index is 818. The summed E-state index contributed by atoms with van der Waals surface area (Å²) in [5.41, 5.74) is 2.82. The molecule has 0 radical (unpaired) electrons. The van der Waals surface area contributed by atoms with Crippen LogP contribution in [-0.4, -0.2) is 5.97 Å². The van der Waals surface area contributed by atoms with E-state index in [2.05, 4.69) is 44.2 Å². The molecule has 0 bridgehead atoms. The normalized spacial score (nSPS) is 16.8. The van der Waals surface area contributed by atoms with Gasteiger partial charge in [-0.25, -0.2) is 0 Å². The Balaban J connectivity index is 1.63. The van der Waals surface area contributed by atoms with E-state index in [4.69, 9.17) is 4.74 Å². The third-order valence-electron chi connectivity index (χ3n) is 5.87. The molecule has 0 aliphatic heterocycles. The zero-order valence-corrected chi connectivity index (χ0v) is 17.5. The molecule has 1 unspecified atom stereocenters. The second-order valence-electron chi connectivity index (χ2n) is 8.17. The van der Waals surface area contributed by atoms with Crippen LogP contribution in [0.25, 0.3) is 16.3 Å². The van der Waals surface area contributed by atoms with Gasteiger partial charge in [-0.3, -0.25) is 4.79 Å². The van der Waals surface area contributed by atoms with Crippen molar-refractivity contribution in [2.45, 2.75) is 78.1 Å². The van der Waals surface area contributed by atoms with E-state index in [0.717, 1.165) is 24.1 Å². The molecule has 2 aromatic rings. The Kier molecular flexibility index (Phi) is 7.71. The first-order valence-corrected chi connectivity index (χ1v) is 11.1. The van der Waals surface area contributed by atoms with Crippen molar-refractivity contribution in [2.75, 3.05) is 0 Å². The Morgan fingerprint density at radius 1 is 1.00 bits per heavy atom. The van der Waals surface area contributed by atoms with Crippen LogP contribution in [0.3, 0.4) is 0 Å². The summed E-state index contributed by atoms with van der Waals surface area (Å²) in [4.78, 5) is 12.0. The molecule has 1 aliphatic rings. The lowest BCUT2D eigenvalue weighted by molar-refractivity contribution is -0.134. The van der Waals surface area contributed by atoms with E-state index in [1.807, 2.05) is 12.1 Å². The van der Waals surface area contributed by atoms with E-state index in [-0.39, 0.29) is 5.97 Å². The Hall–Kier alpha value is -2.09. The molecule has 0 heterocycles. The molecular formula is C26H34O2. The summed E-state index contributed by atoms with van der Waals surface area (Å²) in [7, 11) is 0. The molecule has 2 aromatic carbocycles. The molecule has 0 fully saturated rings. The quantitative estimate of drug-likeness (QED) is 0.254. The van der Waals surface area contributed by atoms with Crippen LogP contribution in [0.5, 0.6) is 5.75 Å². The molecule has 0 amide bonds. The molecule has 2 heteroatoms. The van der Waals surface area contributed by atoms with Crippen molar-refractivity contribution in [1.82, 2.24) is 0 Å².